The van der Waals surface area contributed by atoms with Gasteiger partial charge in [0.25, 0.3) is 5.56 Å². The highest BCUT2D eigenvalue weighted by Gasteiger charge is 2.15. The van der Waals surface area contributed by atoms with E-state index in [4.69, 9.17) is 11.6 Å². The number of benzene rings is 3. The summed E-state index contributed by atoms with van der Waals surface area (Å²) in [6, 6.07) is 21.8. The first-order chi connectivity index (χ1) is 13.2. The molecule has 0 bridgehead atoms. The fourth-order valence-electron chi connectivity index (χ4n) is 3.30. The average molecular weight is 389 g/mol. The third-order valence-corrected chi connectivity index (χ3v) is 5.84. The Labute approximate surface area is 163 Å². The van der Waals surface area contributed by atoms with E-state index >= 15 is 0 Å². The number of nitrogens with one attached hydrogen (secondary N) is 1. The van der Waals surface area contributed by atoms with Gasteiger partial charge in [-0.1, -0.05) is 60.1 Å². The van der Waals surface area contributed by atoms with Crippen molar-refractivity contribution in [1.82, 2.24) is 9.97 Å². The van der Waals surface area contributed by atoms with Gasteiger partial charge in [-0.15, -0.1) is 11.3 Å². The third kappa shape index (κ3) is 2.74. The molecule has 0 saturated heterocycles. The second-order valence-corrected chi connectivity index (χ2v) is 7.55. The zero-order valence-corrected chi connectivity index (χ0v) is 15.6. The fraction of sp³-hybridized carbons (Fsp3) is 0. The number of nitrogens with zero attached hydrogens (tertiary/aromatic N) is 1. The molecule has 0 saturated carbocycles. The van der Waals surface area contributed by atoms with Crippen LogP contribution < -0.4 is 5.56 Å². The molecule has 2 heterocycles. The van der Waals surface area contributed by atoms with E-state index in [0.29, 0.717) is 21.1 Å². The Bertz CT molecular complexity index is 1370. The molecule has 1 N–H and O–H groups in total. The number of hydrogen-bond donors (Lipinski definition) is 1. The van der Waals surface area contributed by atoms with Crippen LogP contribution in [0.2, 0.25) is 5.02 Å². The maximum Gasteiger partial charge on any atom is 0.260 e. The van der Waals surface area contributed by atoms with Crippen LogP contribution in [0.3, 0.4) is 0 Å². The lowest BCUT2D eigenvalue weighted by atomic mass is 10.0. The third-order valence-electron chi connectivity index (χ3n) is 4.63. The van der Waals surface area contributed by atoms with E-state index in [9.17, 15) is 4.79 Å². The summed E-state index contributed by atoms with van der Waals surface area (Å²) >= 11 is 7.73. The van der Waals surface area contributed by atoms with E-state index in [2.05, 4.69) is 34.2 Å². The molecular formula is C22H13ClN2OS. The molecular weight excluding hydrogens is 376 g/mol. The molecule has 0 aliphatic carbocycles. The monoisotopic (exact) mass is 388 g/mol. The minimum atomic E-state index is -0.153. The van der Waals surface area contributed by atoms with Crippen LogP contribution in [0.4, 0.5) is 0 Å². The number of hydrogen-bond acceptors (Lipinski definition) is 3. The van der Waals surface area contributed by atoms with Gasteiger partial charge in [-0.2, -0.15) is 0 Å². The molecule has 3 aromatic carbocycles. The summed E-state index contributed by atoms with van der Waals surface area (Å²) < 4.78 is 0. The lowest BCUT2D eigenvalue weighted by molar-refractivity contribution is 1.19. The summed E-state index contributed by atoms with van der Waals surface area (Å²) in [5.74, 6) is 0.491. The lowest BCUT2D eigenvalue weighted by Gasteiger charge is -2.05. The van der Waals surface area contributed by atoms with E-state index in [1.54, 1.807) is 6.07 Å². The van der Waals surface area contributed by atoms with E-state index in [1.807, 2.05) is 41.8 Å². The maximum atomic E-state index is 12.9. The van der Waals surface area contributed by atoms with Crippen LogP contribution in [0.25, 0.3) is 43.5 Å². The van der Waals surface area contributed by atoms with Crippen LogP contribution in [-0.2, 0) is 0 Å². The van der Waals surface area contributed by atoms with Crippen molar-refractivity contribution in [2.45, 2.75) is 0 Å². The summed E-state index contributed by atoms with van der Waals surface area (Å²) in [6.45, 7) is 0. The number of aromatic nitrogens is 2. The van der Waals surface area contributed by atoms with E-state index in [1.165, 1.54) is 16.7 Å². The fourth-order valence-corrected chi connectivity index (χ4v) is 4.47. The van der Waals surface area contributed by atoms with Crippen LogP contribution in [0.1, 0.15) is 0 Å². The molecule has 5 rings (SSSR count). The Kier molecular flexibility index (Phi) is 3.81. The molecule has 2 aromatic heterocycles. The zero-order chi connectivity index (χ0) is 18.4. The first-order valence-electron chi connectivity index (χ1n) is 8.46. The summed E-state index contributed by atoms with van der Waals surface area (Å²) in [7, 11) is 0. The summed E-state index contributed by atoms with van der Waals surface area (Å²) in [5.41, 5.74) is 2.48. The largest absolute Gasteiger partial charge is 0.306 e. The van der Waals surface area contributed by atoms with Gasteiger partial charge >= 0.3 is 0 Å². The molecule has 0 aliphatic heterocycles. The van der Waals surface area contributed by atoms with E-state index in [-0.39, 0.29) is 5.56 Å². The van der Waals surface area contributed by atoms with Crippen molar-refractivity contribution in [1.29, 1.82) is 0 Å². The number of rotatable bonds is 2. The topological polar surface area (TPSA) is 45.8 Å². The molecule has 3 nitrogen and oxygen atoms in total. The van der Waals surface area contributed by atoms with Gasteiger partial charge in [0.05, 0.1) is 10.4 Å². The smallest absolute Gasteiger partial charge is 0.260 e. The summed E-state index contributed by atoms with van der Waals surface area (Å²) in [4.78, 5) is 21.1. The zero-order valence-electron chi connectivity index (χ0n) is 14.1. The van der Waals surface area contributed by atoms with Crippen molar-refractivity contribution in [2.75, 3.05) is 0 Å². The van der Waals surface area contributed by atoms with E-state index < -0.39 is 0 Å². The van der Waals surface area contributed by atoms with Gasteiger partial charge < -0.3 is 4.98 Å². The van der Waals surface area contributed by atoms with Gasteiger partial charge in [-0.3, -0.25) is 4.79 Å². The predicted molar refractivity (Wildman–Crippen MR) is 114 cm³/mol. The molecule has 0 spiro atoms. The van der Waals surface area contributed by atoms with Crippen LogP contribution in [0.15, 0.2) is 76.9 Å². The van der Waals surface area contributed by atoms with Crippen molar-refractivity contribution in [2.24, 2.45) is 0 Å². The quantitative estimate of drug-likeness (QED) is 0.395. The Morgan fingerprint density at radius 2 is 1.67 bits per heavy atom. The molecule has 0 radical (unpaired) electrons. The highest BCUT2D eigenvalue weighted by atomic mass is 35.5. The Morgan fingerprint density at radius 3 is 2.52 bits per heavy atom. The normalized spacial score (nSPS) is 11.3. The van der Waals surface area contributed by atoms with Crippen molar-refractivity contribution in [3.63, 3.8) is 0 Å². The number of thiophene rings is 1. The standard InChI is InChI=1S/C22H13ClN2OS/c23-18-8-4-3-7-16(18)20-24-21(26)19-17(12-27-22(19)25-20)15-10-9-13-5-1-2-6-14(13)11-15/h1-12H,(H,24,25,26). The molecule has 0 atom stereocenters. The van der Waals surface area contributed by atoms with Gasteiger partial charge in [0, 0.05) is 16.5 Å². The second-order valence-electron chi connectivity index (χ2n) is 6.29. The van der Waals surface area contributed by atoms with Crippen molar-refractivity contribution >= 4 is 43.9 Å². The van der Waals surface area contributed by atoms with Gasteiger partial charge in [-0.05, 0) is 34.5 Å². The van der Waals surface area contributed by atoms with Crippen LogP contribution >= 0.6 is 22.9 Å². The molecule has 0 fully saturated rings. The molecule has 0 amide bonds. The van der Waals surface area contributed by atoms with Crippen LogP contribution in [0.5, 0.6) is 0 Å². The SMILES string of the molecule is O=c1[nH]c(-c2ccccc2Cl)nc2scc(-c3ccc4ccccc4c3)c12. The minimum absolute atomic E-state index is 0.153. The summed E-state index contributed by atoms with van der Waals surface area (Å²) in [6.07, 6.45) is 0. The van der Waals surface area contributed by atoms with Crippen molar-refractivity contribution in [3.8, 4) is 22.5 Å². The summed E-state index contributed by atoms with van der Waals surface area (Å²) in [5, 5.41) is 5.49. The maximum absolute atomic E-state index is 12.9. The molecule has 0 unspecified atom stereocenters. The van der Waals surface area contributed by atoms with Gasteiger partial charge in [0.2, 0.25) is 0 Å². The predicted octanol–water partition coefficient (Wildman–Crippen LogP) is 6.13. The van der Waals surface area contributed by atoms with E-state index in [0.717, 1.165) is 22.1 Å². The molecule has 27 heavy (non-hydrogen) atoms. The lowest BCUT2D eigenvalue weighted by Crippen LogP contribution is -2.09. The highest BCUT2D eigenvalue weighted by molar-refractivity contribution is 7.17. The van der Waals surface area contributed by atoms with Gasteiger partial charge in [-0.25, -0.2) is 4.98 Å². The Morgan fingerprint density at radius 1 is 0.889 bits per heavy atom. The van der Waals surface area contributed by atoms with Crippen molar-refractivity contribution in [3.05, 3.63) is 87.5 Å². The highest BCUT2D eigenvalue weighted by Crippen LogP contribution is 2.34. The minimum Gasteiger partial charge on any atom is -0.306 e. The Balaban J connectivity index is 1.71. The Hall–Kier alpha value is -2.95. The first-order valence-corrected chi connectivity index (χ1v) is 9.72. The molecule has 5 heteroatoms. The van der Waals surface area contributed by atoms with Crippen LogP contribution in [-0.4, -0.2) is 9.97 Å². The molecule has 0 aliphatic rings. The number of halogens is 1. The molecule has 5 aromatic rings. The molecule has 130 valence electrons. The number of fused-ring (bicyclic) bond motifs is 2. The average Bonchev–Trinajstić information content (AvgIpc) is 3.12. The first kappa shape index (κ1) is 16.2. The number of H-pyrrole nitrogens is 1. The van der Waals surface area contributed by atoms with Crippen molar-refractivity contribution < 1.29 is 0 Å². The van der Waals surface area contributed by atoms with Gasteiger partial charge in [0.1, 0.15) is 10.7 Å². The van der Waals surface area contributed by atoms with Gasteiger partial charge in [0.15, 0.2) is 0 Å². The van der Waals surface area contributed by atoms with Crippen LogP contribution in [0, 0.1) is 0 Å². The second kappa shape index (κ2) is 6.34. The number of aromatic amines is 1.